The molecule has 2 aliphatic rings. The largest absolute Gasteiger partial charge is 0.353 e. The zero-order valence-corrected chi connectivity index (χ0v) is 12.7. The number of nitrogens with one attached hydrogen (secondary N) is 1. The molecule has 1 N–H and O–H groups in total. The predicted molar refractivity (Wildman–Crippen MR) is 79.3 cm³/mol. The molecule has 2 bridgehead atoms. The van der Waals surface area contributed by atoms with E-state index in [4.69, 9.17) is 0 Å². The van der Waals surface area contributed by atoms with Gasteiger partial charge in [-0.25, -0.2) is 4.39 Å². The lowest BCUT2D eigenvalue weighted by molar-refractivity contribution is 0.460. The molecule has 0 spiro atoms. The second-order valence-corrected chi connectivity index (χ2v) is 6.47. The Bertz CT molecular complexity index is 712. The second-order valence-electron chi connectivity index (χ2n) is 5.62. The van der Waals surface area contributed by atoms with Crippen LogP contribution in [-0.4, -0.2) is 35.1 Å². The van der Waals surface area contributed by atoms with Crippen molar-refractivity contribution in [2.24, 2.45) is 0 Å². The van der Waals surface area contributed by atoms with Gasteiger partial charge < -0.3 is 10.2 Å². The summed E-state index contributed by atoms with van der Waals surface area (Å²) in [4.78, 5) is 9.59. The summed E-state index contributed by atoms with van der Waals surface area (Å²) in [5, 5.41) is 4.07. The summed E-state index contributed by atoms with van der Waals surface area (Å²) < 4.78 is 28.2. The van der Waals surface area contributed by atoms with Gasteiger partial charge in [0.1, 0.15) is 11.3 Å². The number of rotatable bonds is 1. The number of nitrogens with zero attached hydrogens (tertiary/aromatic N) is 3. The number of hydrogen-bond donors (Lipinski definition) is 1. The molecule has 4 rings (SSSR count). The number of hydrogen-bond acceptors (Lipinski definition) is 4. The number of fused-ring (bicyclic) bond motifs is 3. The molecule has 2 fully saturated rings. The van der Waals surface area contributed by atoms with Gasteiger partial charge in [0.05, 0.1) is 4.47 Å². The summed E-state index contributed by atoms with van der Waals surface area (Å²) in [6.45, 7) is 1.53. The molecule has 2 aromatic rings. The minimum absolute atomic E-state index is 0.0257. The third-order valence-corrected chi connectivity index (χ3v) is 4.84. The van der Waals surface area contributed by atoms with Crippen molar-refractivity contribution in [2.45, 2.75) is 24.9 Å². The van der Waals surface area contributed by atoms with Crippen LogP contribution in [0.3, 0.4) is 0 Å². The van der Waals surface area contributed by atoms with Crippen LogP contribution in [0.25, 0.3) is 10.9 Å². The highest BCUT2D eigenvalue weighted by Crippen LogP contribution is 2.32. The molecular formula is C14H13BrF2N4. The molecule has 2 aliphatic heterocycles. The minimum atomic E-state index is -0.889. The van der Waals surface area contributed by atoms with Crippen LogP contribution in [0.2, 0.25) is 0 Å². The van der Waals surface area contributed by atoms with Crippen LogP contribution in [-0.2, 0) is 0 Å². The van der Waals surface area contributed by atoms with Crippen molar-refractivity contribution in [1.29, 1.82) is 0 Å². The fraction of sp³-hybridized carbons (Fsp3) is 0.429. The van der Waals surface area contributed by atoms with Gasteiger partial charge in [-0.3, -0.25) is 0 Å². The third-order valence-electron chi connectivity index (χ3n) is 4.23. The first-order valence-electron chi connectivity index (χ1n) is 6.94. The Balaban J connectivity index is 1.86. The lowest BCUT2D eigenvalue weighted by Gasteiger charge is -2.34. The molecule has 0 radical (unpaired) electrons. The van der Waals surface area contributed by atoms with Crippen LogP contribution in [0, 0.1) is 11.9 Å². The monoisotopic (exact) mass is 354 g/mol. The summed E-state index contributed by atoms with van der Waals surface area (Å²) in [6.07, 6.45) is 1.35. The van der Waals surface area contributed by atoms with Crippen molar-refractivity contribution in [1.82, 2.24) is 15.3 Å². The van der Waals surface area contributed by atoms with Gasteiger partial charge in [0, 0.05) is 30.6 Å². The Kier molecular flexibility index (Phi) is 3.08. The highest BCUT2D eigenvalue weighted by atomic mass is 79.9. The van der Waals surface area contributed by atoms with Crippen LogP contribution in [0.1, 0.15) is 12.8 Å². The van der Waals surface area contributed by atoms with Gasteiger partial charge in [0.25, 0.3) is 0 Å². The van der Waals surface area contributed by atoms with Crippen molar-refractivity contribution in [3.05, 3.63) is 28.5 Å². The fourth-order valence-electron chi connectivity index (χ4n) is 3.31. The van der Waals surface area contributed by atoms with Gasteiger partial charge >= 0.3 is 6.08 Å². The van der Waals surface area contributed by atoms with Gasteiger partial charge in [-0.15, -0.1) is 0 Å². The fourth-order valence-corrected chi connectivity index (χ4v) is 3.63. The molecule has 1 aromatic carbocycles. The molecule has 2 saturated heterocycles. The summed E-state index contributed by atoms with van der Waals surface area (Å²) in [6, 6.07) is 4.15. The van der Waals surface area contributed by atoms with Crippen LogP contribution >= 0.6 is 15.9 Å². The van der Waals surface area contributed by atoms with Crippen molar-refractivity contribution in [3.8, 4) is 0 Å². The molecule has 0 aliphatic carbocycles. The molecule has 1 aromatic heterocycles. The van der Waals surface area contributed by atoms with Crippen LogP contribution in [0.15, 0.2) is 16.6 Å². The van der Waals surface area contributed by atoms with E-state index in [1.54, 1.807) is 12.1 Å². The molecule has 0 saturated carbocycles. The zero-order valence-electron chi connectivity index (χ0n) is 11.1. The number of aromatic nitrogens is 2. The lowest BCUT2D eigenvalue weighted by atomic mass is 10.2. The van der Waals surface area contributed by atoms with Crippen LogP contribution in [0.5, 0.6) is 0 Å². The molecule has 0 amide bonds. The topological polar surface area (TPSA) is 41.1 Å². The van der Waals surface area contributed by atoms with Crippen molar-refractivity contribution in [3.63, 3.8) is 0 Å². The van der Waals surface area contributed by atoms with E-state index in [0.717, 1.165) is 25.9 Å². The Hall–Kier alpha value is -1.34. The molecule has 4 nitrogen and oxygen atoms in total. The Labute approximate surface area is 128 Å². The minimum Gasteiger partial charge on any atom is -0.353 e. The van der Waals surface area contributed by atoms with Crippen LogP contribution < -0.4 is 10.2 Å². The van der Waals surface area contributed by atoms with E-state index >= 15 is 0 Å². The predicted octanol–water partition coefficient (Wildman–Crippen LogP) is 2.61. The number of benzene rings is 1. The second kappa shape index (κ2) is 4.84. The summed E-state index contributed by atoms with van der Waals surface area (Å²) in [5.74, 6) is -0.0598. The summed E-state index contributed by atoms with van der Waals surface area (Å²) in [7, 11) is 0. The van der Waals surface area contributed by atoms with Gasteiger partial charge in [-0.05, 0) is 40.9 Å². The van der Waals surface area contributed by atoms with E-state index in [1.165, 1.54) is 0 Å². The number of halogens is 3. The Morgan fingerprint density at radius 1 is 1.14 bits per heavy atom. The van der Waals surface area contributed by atoms with E-state index in [1.807, 2.05) is 4.90 Å². The average molecular weight is 355 g/mol. The van der Waals surface area contributed by atoms with Crippen molar-refractivity contribution in [2.75, 3.05) is 18.0 Å². The zero-order chi connectivity index (χ0) is 14.6. The van der Waals surface area contributed by atoms with E-state index < -0.39 is 11.9 Å². The highest BCUT2D eigenvalue weighted by Gasteiger charge is 2.33. The van der Waals surface area contributed by atoms with E-state index in [2.05, 4.69) is 31.2 Å². The highest BCUT2D eigenvalue weighted by molar-refractivity contribution is 9.10. The molecule has 2 atom stereocenters. The quantitative estimate of drug-likeness (QED) is 0.799. The average Bonchev–Trinajstić information content (AvgIpc) is 2.81. The summed E-state index contributed by atoms with van der Waals surface area (Å²) in [5.41, 5.74) is 0.0257. The molecule has 2 unspecified atom stereocenters. The molecule has 21 heavy (non-hydrogen) atoms. The number of piperazine rings is 1. The van der Waals surface area contributed by atoms with Gasteiger partial charge in [0.15, 0.2) is 5.82 Å². The smallest absolute Gasteiger partial charge is 0.311 e. The Morgan fingerprint density at radius 3 is 2.57 bits per heavy atom. The molecule has 7 heteroatoms. The Morgan fingerprint density at radius 2 is 1.86 bits per heavy atom. The van der Waals surface area contributed by atoms with Crippen LogP contribution in [0.4, 0.5) is 14.6 Å². The standard InChI is InChI=1S/C14H13BrF2N4/c15-10-4-3-9-12(11(10)16)19-14(17)20-13(9)21-5-7-1-2-8(6-21)18-7/h3-4,7-8,18H,1-2,5-6H2. The van der Waals surface area contributed by atoms with Gasteiger partial charge in [-0.2, -0.15) is 14.4 Å². The number of anilines is 1. The first kappa shape index (κ1) is 13.3. The van der Waals surface area contributed by atoms with Crippen molar-refractivity contribution < 1.29 is 8.78 Å². The van der Waals surface area contributed by atoms with E-state index in [-0.39, 0.29) is 9.99 Å². The van der Waals surface area contributed by atoms with Gasteiger partial charge in [-0.1, -0.05) is 0 Å². The summed E-state index contributed by atoms with van der Waals surface area (Å²) >= 11 is 3.11. The maximum absolute atomic E-state index is 14.2. The van der Waals surface area contributed by atoms with E-state index in [9.17, 15) is 8.78 Å². The lowest BCUT2D eigenvalue weighted by Crippen LogP contribution is -2.51. The maximum atomic E-state index is 14.2. The third kappa shape index (κ3) is 2.19. The molecule has 3 heterocycles. The van der Waals surface area contributed by atoms with E-state index in [0.29, 0.717) is 23.3 Å². The molecule has 110 valence electrons. The first-order valence-corrected chi connectivity index (χ1v) is 7.73. The van der Waals surface area contributed by atoms with Gasteiger partial charge in [0.2, 0.25) is 0 Å². The SMILES string of the molecule is Fc1nc(N2CC3CCC(C2)N3)c2ccc(Br)c(F)c2n1. The van der Waals surface area contributed by atoms with Crippen molar-refractivity contribution >= 4 is 32.7 Å². The first-order chi connectivity index (χ1) is 10.1. The maximum Gasteiger partial charge on any atom is 0.311 e. The molecular weight excluding hydrogens is 342 g/mol. The normalized spacial score (nSPS) is 24.8.